The topological polar surface area (TPSA) is 81.2 Å². The Morgan fingerprint density at radius 1 is 1.18 bits per heavy atom. The number of rotatable bonds is 8. The van der Waals surface area contributed by atoms with Crippen molar-refractivity contribution < 1.29 is 9.47 Å². The normalized spacial score (nSPS) is 14.1. The summed E-state index contributed by atoms with van der Waals surface area (Å²) in [7, 11) is 1.70. The molecule has 9 heteroatoms. The number of hydrogen-bond donors (Lipinski definition) is 2. The van der Waals surface area contributed by atoms with E-state index in [1.165, 1.54) is 5.56 Å². The van der Waals surface area contributed by atoms with Crippen LogP contribution in [0.15, 0.2) is 24.4 Å². The molecule has 156 valence electrons. The second-order valence-corrected chi connectivity index (χ2v) is 6.21. The summed E-state index contributed by atoms with van der Waals surface area (Å²) in [6.07, 6.45) is 3.59. The number of aromatic nitrogens is 3. The lowest BCUT2D eigenvalue weighted by molar-refractivity contribution is 0.128. The number of ether oxygens (including phenoxy) is 2. The molecule has 0 aliphatic carbocycles. The molecular formula is C19H29Cl2N5O2. The van der Waals surface area contributed by atoms with E-state index < -0.39 is 0 Å². The lowest BCUT2D eigenvalue weighted by Gasteiger charge is -2.21. The van der Waals surface area contributed by atoms with Gasteiger partial charge in [-0.05, 0) is 32.0 Å². The maximum atomic E-state index is 5.53. The maximum absolute atomic E-state index is 5.53. The van der Waals surface area contributed by atoms with Crippen LogP contribution in [0, 0.1) is 0 Å². The molecule has 2 aromatic rings. The van der Waals surface area contributed by atoms with Crippen LogP contribution in [0.3, 0.4) is 0 Å². The van der Waals surface area contributed by atoms with Gasteiger partial charge in [0.1, 0.15) is 12.4 Å². The van der Waals surface area contributed by atoms with Crippen molar-refractivity contribution >= 4 is 30.6 Å². The Balaban J connectivity index is 0.00000196. The van der Waals surface area contributed by atoms with E-state index in [9.17, 15) is 0 Å². The van der Waals surface area contributed by atoms with Crippen LogP contribution in [0.5, 0.6) is 0 Å². The molecule has 28 heavy (non-hydrogen) atoms. The van der Waals surface area contributed by atoms with E-state index in [1.54, 1.807) is 13.3 Å². The summed E-state index contributed by atoms with van der Waals surface area (Å²) in [6, 6.07) is 5.82. The van der Waals surface area contributed by atoms with Crippen molar-refractivity contribution in [1.29, 1.82) is 0 Å². The maximum Gasteiger partial charge on any atom is 0.156 e. The molecule has 0 aromatic carbocycles. The van der Waals surface area contributed by atoms with E-state index in [1.807, 2.05) is 25.1 Å². The van der Waals surface area contributed by atoms with E-state index in [-0.39, 0.29) is 30.9 Å². The molecule has 7 nitrogen and oxygen atoms in total. The molecule has 1 unspecified atom stereocenters. The second-order valence-electron chi connectivity index (χ2n) is 6.21. The summed E-state index contributed by atoms with van der Waals surface area (Å²) in [5.74, 6) is 1.58. The number of hydrogen-bond acceptors (Lipinski definition) is 7. The predicted molar refractivity (Wildman–Crippen MR) is 115 cm³/mol. The summed E-state index contributed by atoms with van der Waals surface area (Å²) in [5, 5.41) is 6.98. The number of halogens is 2. The molecule has 0 bridgehead atoms. The highest BCUT2D eigenvalue weighted by molar-refractivity contribution is 5.85. The molecule has 2 aromatic heterocycles. The van der Waals surface area contributed by atoms with Gasteiger partial charge in [0.2, 0.25) is 0 Å². The first kappa shape index (κ1) is 24.5. The Morgan fingerprint density at radius 3 is 2.71 bits per heavy atom. The molecule has 1 aliphatic rings. The van der Waals surface area contributed by atoms with Gasteiger partial charge >= 0.3 is 0 Å². The zero-order valence-corrected chi connectivity index (χ0v) is 17.9. The minimum absolute atomic E-state index is 0. The summed E-state index contributed by atoms with van der Waals surface area (Å²) in [6.45, 7) is 5.40. The summed E-state index contributed by atoms with van der Waals surface area (Å²) in [5.41, 5.74) is 3.20. The number of anilines is 1. The molecule has 0 amide bonds. The van der Waals surface area contributed by atoms with Crippen LogP contribution < -0.4 is 10.6 Å². The van der Waals surface area contributed by atoms with Crippen LogP contribution in [0.4, 0.5) is 5.82 Å². The van der Waals surface area contributed by atoms with Crippen LogP contribution in [0.1, 0.15) is 35.7 Å². The lowest BCUT2D eigenvalue weighted by atomic mass is 10.1. The van der Waals surface area contributed by atoms with E-state index in [0.29, 0.717) is 25.6 Å². The first-order valence-corrected chi connectivity index (χ1v) is 9.15. The Bertz CT molecular complexity index is 706. The minimum atomic E-state index is -0.0728. The first-order valence-electron chi connectivity index (χ1n) is 9.15. The number of nitrogens with one attached hydrogen (secondary N) is 2. The fourth-order valence-corrected chi connectivity index (χ4v) is 3.09. The van der Waals surface area contributed by atoms with Crippen molar-refractivity contribution in [2.75, 3.05) is 38.7 Å². The SMILES string of the molecule is CCOCc1nc2c(c(NC(COC)c3ccccn3)n1)CCNCC2.Cl.Cl. The van der Waals surface area contributed by atoms with Gasteiger partial charge in [0.15, 0.2) is 5.82 Å². The van der Waals surface area contributed by atoms with Crippen LogP contribution >= 0.6 is 24.8 Å². The molecule has 1 atom stereocenters. The second kappa shape index (κ2) is 12.9. The largest absolute Gasteiger partial charge is 0.382 e. The summed E-state index contributed by atoms with van der Waals surface area (Å²) >= 11 is 0. The Hall–Kier alpha value is -1.51. The summed E-state index contributed by atoms with van der Waals surface area (Å²) < 4.78 is 10.9. The Labute approximate surface area is 178 Å². The van der Waals surface area contributed by atoms with Gasteiger partial charge in [0.25, 0.3) is 0 Å². The van der Waals surface area contributed by atoms with Crippen molar-refractivity contribution in [2.45, 2.75) is 32.4 Å². The predicted octanol–water partition coefficient (Wildman–Crippen LogP) is 2.74. The van der Waals surface area contributed by atoms with Crippen molar-refractivity contribution in [2.24, 2.45) is 0 Å². The first-order chi connectivity index (χ1) is 12.8. The van der Waals surface area contributed by atoms with Gasteiger partial charge in [-0.1, -0.05) is 6.07 Å². The zero-order valence-electron chi connectivity index (χ0n) is 16.3. The molecule has 0 fully saturated rings. The van der Waals surface area contributed by atoms with Crippen molar-refractivity contribution in [3.8, 4) is 0 Å². The van der Waals surface area contributed by atoms with Crippen molar-refractivity contribution in [3.05, 3.63) is 47.2 Å². The van der Waals surface area contributed by atoms with Gasteiger partial charge < -0.3 is 20.1 Å². The molecule has 3 rings (SSSR count). The Morgan fingerprint density at radius 2 is 2.00 bits per heavy atom. The highest BCUT2D eigenvalue weighted by atomic mass is 35.5. The standard InChI is InChI=1S/C19H27N5O2.2ClH/c1-3-26-13-18-22-15-8-11-20-10-7-14(15)19(24-18)23-17(12-25-2)16-6-4-5-9-21-16;;/h4-6,9,17,20H,3,7-8,10-13H2,1-2H3,(H,22,23,24);2*1H. The number of fused-ring (bicyclic) bond motifs is 1. The highest BCUT2D eigenvalue weighted by Gasteiger charge is 2.20. The monoisotopic (exact) mass is 429 g/mol. The fraction of sp³-hybridized carbons (Fsp3) is 0.526. The smallest absolute Gasteiger partial charge is 0.156 e. The molecule has 0 spiro atoms. The molecule has 0 saturated heterocycles. The fourth-order valence-electron chi connectivity index (χ4n) is 3.09. The van der Waals surface area contributed by atoms with E-state index in [2.05, 4.69) is 15.6 Å². The number of nitrogens with zero attached hydrogens (tertiary/aromatic N) is 3. The van der Waals surface area contributed by atoms with E-state index in [4.69, 9.17) is 19.4 Å². The zero-order chi connectivity index (χ0) is 18.2. The number of methoxy groups -OCH3 is 1. The van der Waals surface area contributed by atoms with Gasteiger partial charge in [-0.3, -0.25) is 4.98 Å². The lowest BCUT2D eigenvalue weighted by Crippen LogP contribution is -2.21. The average Bonchev–Trinajstić information content (AvgIpc) is 2.92. The van der Waals surface area contributed by atoms with E-state index in [0.717, 1.165) is 43.1 Å². The van der Waals surface area contributed by atoms with Crippen molar-refractivity contribution in [3.63, 3.8) is 0 Å². The van der Waals surface area contributed by atoms with Crippen molar-refractivity contribution in [1.82, 2.24) is 20.3 Å². The van der Waals surface area contributed by atoms with Crippen LogP contribution in [0.25, 0.3) is 0 Å². The molecule has 0 radical (unpaired) electrons. The van der Waals surface area contributed by atoms with Crippen LogP contribution in [-0.4, -0.2) is 48.4 Å². The molecule has 0 saturated carbocycles. The van der Waals surface area contributed by atoms with Gasteiger partial charge in [-0.25, -0.2) is 9.97 Å². The molecule has 2 N–H and O–H groups in total. The van der Waals surface area contributed by atoms with Gasteiger partial charge in [0, 0.05) is 38.4 Å². The van der Waals surface area contributed by atoms with Gasteiger partial charge in [-0.15, -0.1) is 24.8 Å². The van der Waals surface area contributed by atoms with Crippen LogP contribution in [-0.2, 0) is 28.9 Å². The summed E-state index contributed by atoms with van der Waals surface area (Å²) in [4.78, 5) is 14.0. The molecule has 1 aliphatic heterocycles. The minimum Gasteiger partial charge on any atom is -0.382 e. The molecule has 3 heterocycles. The quantitative estimate of drug-likeness (QED) is 0.667. The highest BCUT2D eigenvalue weighted by Crippen LogP contribution is 2.24. The Kier molecular flexibility index (Phi) is 11.3. The van der Waals surface area contributed by atoms with Gasteiger partial charge in [0.05, 0.1) is 24.0 Å². The van der Waals surface area contributed by atoms with Crippen LogP contribution in [0.2, 0.25) is 0 Å². The molecular weight excluding hydrogens is 401 g/mol. The van der Waals surface area contributed by atoms with Gasteiger partial charge in [-0.2, -0.15) is 0 Å². The average molecular weight is 430 g/mol. The third-order valence-corrected chi connectivity index (χ3v) is 4.35. The third-order valence-electron chi connectivity index (χ3n) is 4.35. The number of pyridine rings is 1. The third kappa shape index (κ3) is 6.53. The van der Waals surface area contributed by atoms with E-state index >= 15 is 0 Å².